The number of aromatic amines is 1. The molecule has 128 valence electrons. The second-order valence-corrected chi connectivity index (χ2v) is 6.36. The van der Waals surface area contributed by atoms with Crippen LogP contribution in [0.4, 0.5) is 11.4 Å². The molecule has 0 spiro atoms. The molecule has 1 heterocycles. The van der Waals surface area contributed by atoms with Crippen molar-refractivity contribution in [3.05, 3.63) is 83.9 Å². The molecule has 0 saturated carbocycles. The number of aryl methyl sites for hydroxylation is 1. The number of nitrogens with one attached hydrogen (secondary N) is 2. The maximum atomic E-state index is 12.3. The molecule has 4 N–H and O–H groups in total. The number of amides is 1. The van der Waals surface area contributed by atoms with E-state index in [0.29, 0.717) is 5.56 Å². The van der Waals surface area contributed by atoms with E-state index >= 15 is 0 Å². The molecule has 4 aromatic rings. The zero-order valence-electron chi connectivity index (χ0n) is 14.4. The van der Waals surface area contributed by atoms with Crippen LogP contribution in [0.3, 0.4) is 0 Å². The van der Waals surface area contributed by atoms with Gasteiger partial charge in [0.1, 0.15) is 0 Å². The van der Waals surface area contributed by atoms with E-state index < -0.39 is 0 Å². The number of aromatic nitrogens is 1. The summed E-state index contributed by atoms with van der Waals surface area (Å²) < 4.78 is 0. The Bertz CT molecular complexity index is 1080. The second kappa shape index (κ2) is 6.41. The number of nitrogens with two attached hydrogens (primary N) is 1. The summed E-state index contributed by atoms with van der Waals surface area (Å²) in [6.07, 6.45) is 0. The van der Waals surface area contributed by atoms with Crippen molar-refractivity contribution in [3.63, 3.8) is 0 Å². The van der Waals surface area contributed by atoms with Gasteiger partial charge < -0.3 is 16.0 Å². The molecule has 0 atom stereocenters. The quantitative estimate of drug-likeness (QED) is 0.492. The van der Waals surface area contributed by atoms with Gasteiger partial charge in [0.25, 0.3) is 5.91 Å². The van der Waals surface area contributed by atoms with E-state index in [9.17, 15) is 4.79 Å². The zero-order valence-corrected chi connectivity index (χ0v) is 14.4. The van der Waals surface area contributed by atoms with Crippen molar-refractivity contribution in [2.75, 3.05) is 11.1 Å². The van der Waals surface area contributed by atoms with Gasteiger partial charge in [-0.2, -0.15) is 0 Å². The van der Waals surface area contributed by atoms with Crippen LogP contribution in [-0.4, -0.2) is 10.9 Å². The van der Waals surface area contributed by atoms with Gasteiger partial charge in [0.15, 0.2) is 0 Å². The summed E-state index contributed by atoms with van der Waals surface area (Å²) in [5.41, 5.74) is 12.4. The van der Waals surface area contributed by atoms with E-state index in [1.54, 1.807) is 0 Å². The van der Waals surface area contributed by atoms with Crippen molar-refractivity contribution in [2.24, 2.45) is 0 Å². The molecule has 0 aliphatic rings. The van der Waals surface area contributed by atoms with Crippen LogP contribution in [-0.2, 0) is 0 Å². The lowest BCUT2D eigenvalue weighted by atomic mass is 10.1. The van der Waals surface area contributed by atoms with Crippen LogP contribution in [0.2, 0.25) is 0 Å². The number of hydrogen-bond donors (Lipinski definition) is 3. The highest BCUT2D eigenvalue weighted by Gasteiger charge is 2.10. The van der Waals surface area contributed by atoms with Gasteiger partial charge in [-0.05, 0) is 37.3 Å². The Morgan fingerprint density at radius 3 is 2.31 bits per heavy atom. The number of para-hydroxylation sites is 1. The molecule has 26 heavy (non-hydrogen) atoms. The van der Waals surface area contributed by atoms with Crippen molar-refractivity contribution >= 4 is 28.2 Å². The number of carbonyl (C=O) groups is 1. The van der Waals surface area contributed by atoms with Crippen LogP contribution in [0.5, 0.6) is 0 Å². The summed E-state index contributed by atoms with van der Waals surface area (Å²) in [4.78, 5) is 15.7. The van der Waals surface area contributed by atoms with Gasteiger partial charge in [-0.15, -0.1) is 0 Å². The van der Waals surface area contributed by atoms with Gasteiger partial charge in [0.05, 0.1) is 11.4 Å². The number of benzene rings is 3. The molecule has 1 aromatic heterocycles. The number of carbonyl (C=O) groups excluding carboxylic acids is 1. The first kappa shape index (κ1) is 16.0. The third-order valence-electron chi connectivity index (χ3n) is 4.49. The minimum absolute atomic E-state index is 0.122. The van der Waals surface area contributed by atoms with Gasteiger partial charge in [0.2, 0.25) is 0 Å². The lowest BCUT2D eigenvalue weighted by Gasteiger charge is -2.07. The third-order valence-corrected chi connectivity index (χ3v) is 4.49. The van der Waals surface area contributed by atoms with E-state index in [2.05, 4.69) is 10.3 Å². The smallest absolute Gasteiger partial charge is 0.255 e. The SMILES string of the molecule is Cc1ccc(C(=O)Nc2ccc(-c3[nH]c4ccccc4c3N)cc2)cc1. The number of hydrogen-bond acceptors (Lipinski definition) is 2. The van der Waals surface area contributed by atoms with Crippen LogP contribution in [0.1, 0.15) is 15.9 Å². The predicted octanol–water partition coefficient (Wildman–Crippen LogP) is 4.98. The largest absolute Gasteiger partial charge is 0.396 e. The Morgan fingerprint density at radius 2 is 1.62 bits per heavy atom. The van der Waals surface area contributed by atoms with Gasteiger partial charge in [-0.1, -0.05) is 48.0 Å². The molecule has 0 bridgehead atoms. The molecule has 1 amide bonds. The summed E-state index contributed by atoms with van der Waals surface area (Å²) in [5.74, 6) is -0.122. The zero-order chi connectivity index (χ0) is 18.1. The fraction of sp³-hybridized carbons (Fsp3) is 0.0455. The Kier molecular flexibility index (Phi) is 3.93. The number of rotatable bonds is 3. The Hall–Kier alpha value is -3.53. The van der Waals surface area contributed by atoms with E-state index in [1.807, 2.05) is 79.7 Å². The molecule has 4 rings (SSSR count). The molecule has 0 unspecified atom stereocenters. The average molecular weight is 341 g/mol. The van der Waals surface area contributed by atoms with Gasteiger partial charge in [-0.3, -0.25) is 4.79 Å². The topological polar surface area (TPSA) is 70.9 Å². The first-order chi connectivity index (χ1) is 12.6. The van der Waals surface area contributed by atoms with Crippen LogP contribution in [0.15, 0.2) is 72.8 Å². The van der Waals surface area contributed by atoms with Crippen molar-refractivity contribution in [2.45, 2.75) is 6.92 Å². The summed E-state index contributed by atoms with van der Waals surface area (Å²) >= 11 is 0. The molecule has 3 aromatic carbocycles. The highest BCUT2D eigenvalue weighted by Crippen LogP contribution is 2.32. The van der Waals surface area contributed by atoms with Gasteiger partial charge in [-0.25, -0.2) is 0 Å². The Labute approximate surface area is 151 Å². The summed E-state index contributed by atoms with van der Waals surface area (Å²) in [5, 5.41) is 3.93. The van der Waals surface area contributed by atoms with Crippen molar-refractivity contribution < 1.29 is 4.79 Å². The predicted molar refractivity (Wildman–Crippen MR) is 107 cm³/mol. The van der Waals surface area contributed by atoms with Crippen LogP contribution < -0.4 is 11.1 Å². The molecular weight excluding hydrogens is 322 g/mol. The molecule has 0 saturated heterocycles. The normalized spacial score (nSPS) is 10.8. The molecule has 0 fully saturated rings. The maximum absolute atomic E-state index is 12.3. The highest BCUT2D eigenvalue weighted by atomic mass is 16.1. The average Bonchev–Trinajstić information content (AvgIpc) is 3.00. The van der Waals surface area contributed by atoms with E-state index in [-0.39, 0.29) is 5.91 Å². The molecular formula is C22H19N3O. The van der Waals surface area contributed by atoms with E-state index in [4.69, 9.17) is 5.73 Å². The summed E-state index contributed by atoms with van der Waals surface area (Å²) in [6, 6.07) is 23.1. The fourth-order valence-corrected chi connectivity index (χ4v) is 3.02. The molecule has 0 aliphatic carbocycles. The fourth-order valence-electron chi connectivity index (χ4n) is 3.02. The lowest BCUT2D eigenvalue weighted by molar-refractivity contribution is 0.102. The van der Waals surface area contributed by atoms with Crippen LogP contribution >= 0.6 is 0 Å². The summed E-state index contributed by atoms with van der Waals surface area (Å²) in [6.45, 7) is 2.00. The van der Waals surface area contributed by atoms with Crippen LogP contribution in [0.25, 0.3) is 22.2 Å². The van der Waals surface area contributed by atoms with E-state index in [1.165, 1.54) is 0 Å². The molecule has 0 radical (unpaired) electrons. The molecule has 4 heteroatoms. The standard InChI is InChI=1S/C22H19N3O/c1-14-6-8-16(9-7-14)22(26)24-17-12-10-15(11-13-17)21-20(23)18-4-2-3-5-19(18)25-21/h2-13,25H,23H2,1H3,(H,24,26). The van der Waals surface area contributed by atoms with Crippen molar-refractivity contribution in [1.82, 2.24) is 4.98 Å². The first-order valence-corrected chi connectivity index (χ1v) is 8.46. The molecule has 0 aliphatic heterocycles. The first-order valence-electron chi connectivity index (χ1n) is 8.46. The number of nitrogen functional groups attached to an aromatic ring is 1. The Morgan fingerprint density at radius 1 is 0.923 bits per heavy atom. The van der Waals surface area contributed by atoms with Crippen molar-refractivity contribution in [1.29, 1.82) is 0 Å². The minimum atomic E-state index is -0.122. The highest BCUT2D eigenvalue weighted by molar-refractivity contribution is 6.04. The van der Waals surface area contributed by atoms with Crippen LogP contribution in [0, 0.1) is 6.92 Å². The van der Waals surface area contributed by atoms with Crippen molar-refractivity contribution in [3.8, 4) is 11.3 Å². The van der Waals surface area contributed by atoms with E-state index in [0.717, 1.165) is 39.1 Å². The second-order valence-electron chi connectivity index (χ2n) is 6.36. The third kappa shape index (κ3) is 2.93. The van der Waals surface area contributed by atoms with Gasteiger partial charge >= 0.3 is 0 Å². The maximum Gasteiger partial charge on any atom is 0.255 e. The number of fused-ring (bicyclic) bond motifs is 1. The van der Waals surface area contributed by atoms with Gasteiger partial charge in [0, 0.05) is 27.7 Å². The monoisotopic (exact) mass is 341 g/mol. The number of anilines is 2. The number of H-pyrrole nitrogens is 1. The minimum Gasteiger partial charge on any atom is -0.396 e. The lowest BCUT2D eigenvalue weighted by Crippen LogP contribution is -2.11. The Balaban J connectivity index is 1.57. The summed E-state index contributed by atoms with van der Waals surface area (Å²) in [7, 11) is 0. The molecule has 4 nitrogen and oxygen atoms in total.